The van der Waals surface area contributed by atoms with Gasteiger partial charge in [-0.15, -0.1) is 0 Å². The van der Waals surface area contributed by atoms with Gasteiger partial charge >= 0.3 is 5.97 Å². The number of aromatic nitrogens is 2. The minimum absolute atomic E-state index is 0.262. The van der Waals surface area contributed by atoms with Crippen molar-refractivity contribution < 1.29 is 14.6 Å². The maximum Gasteiger partial charge on any atom is 0.354 e. The fourth-order valence-corrected chi connectivity index (χ4v) is 1.68. The standard InChI is InChI=1S/C13H12N2O4/c1-19-9-4-2-3-8(5-9)6-11-14-10(13(17)18)7-12(16)15-11/h2-5,7H,6H2,1H3,(H,17,18)(H,14,15,16). The van der Waals surface area contributed by atoms with Crippen LogP contribution in [0.4, 0.5) is 0 Å². The summed E-state index contributed by atoms with van der Waals surface area (Å²) in [4.78, 5) is 28.6. The number of aromatic amines is 1. The van der Waals surface area contributed by atoms with Gasteiger partial charge in [0.1, 0.15) is 11.6 Å². The first-order valence-corrected chi connectivity index (χ1v) is 5.55. The molecule has 1 aromatic carbocycles. The molecule has 1 heterocycles. The summed E-state index contributed by atoms with van der Waals surface area (Å²) >= 11 is 0. The molecule has 0 unspecified atom stereocenters. The summed E-state index contributed by atoms with van der Waals surface area (Å²) in [6, 6.07) is 8.21. The molecule has 0 aliphatic carbocycles. The van der Waals surface area contributed by atoms with E-state index in [0.717, 1.165) is 11.6 Å². The van der Waals surface area contributed by atoms with Gasteiger partial charge in [-0.2, -0.15) is 0 Å². The highest BCUT2D eigenvalue weighted by Crippen LogP contribution is 2.14. The lowest BCUT2D eigenvalue weighted by Gasteiger charge is -2.04. The number of carboxylic acid groups (broad SMARTS) is 1. The average Bonchev–Trinajstić information content (AvgIpc) is 2.38. The molecule has 0 atom stereocenters. The second kappa shape index (κ2) is 5.34. The minimum atomic E-state index is -1.22. The van der Waals surface area contributed by atoms with Gasteiger partial charge in [-0.25, -0.2) is 9.78 Å². The summed E-state index contributed by atoms with van der Waals surface area (Å²) in [6.45, 7) is 0. The smallest absolute Gasteiger partial charge is 0.354 e. The number of hydrogen-bond acceptors (Lipinski definition) is 4. The summed E-state index contributed by atoms with van der Waals surface area (Å²) in [5, 5.41) is 8.85. The number of aromatic carboxylic acids is 1. The number of carbonyl (C=O) groups is 1. The fourth-order valence-electron chi connectivity index (χ4n) is 1.68. The molecular weight excluding hydrogens is 248 g/mol. The Balaban J connectivity index is 2.32. The van der Waals surface area contributed by atoms with E-state index in [-0.39, 0.29) is 5.69 Å². The first-order chi connectivity index (χ1) is 9.08. The molecule has 0 radical (unpaired) electrons. The average molecular weight is 260 g/mol. The second-order valence-electron chi connectivity index (χ2n) is 3.91. The molecule has 6 nitrogen and oxygen atoms in total. The summed E-state index contributed by atoms with van der Waals surface area (Å²) in [5.41, 5.74) is 0.122. The van der Waals surface area contributed by atoms with Gasteiger partial charge in [-0.3, -0.25) is 4.79 Å². The molecule has 2 aromatic rings. The van der Waals surface area contributed by atoms with E-state index < -0.39 is 11.5 Å². The van der Waals surface area contributed by atoms with E-state index in [1.165, 1.54) is 0 Å². The molecule has 1 aromatic heterocycles. The van der Waals surface area contributed by atoms with Gasteiger partial charge in [0.2, 0.25) is 0 Å². The first-order valence-electron chi connectivity index (χ1n) is 5.55. The number of benzene rings is 1. The van der Waals surface area contributed by atoms with Crippen molar-refractivity contribution in [2.24, 2.45) is 0 Å². The largest absolute Gasteiger partial charge is 0.497 e. The lowest BCUT2D eigenvalue weighted by atomic mass is 10.1. The van der Waals surface area contributed by atoms with Crippen molar-refractivity contribution in [2.45, 2.75) is 6.42 Å². The van der Waals surface area contributed by atoms with Crippen LogP contribution in [-0.2, 0) is 6.42 Å². The lowest BCUT2D eigenvalue weighted by molar-refractivity contribution is 0.0689. The Labute approximate surface area is 108 Å². The zero-order valence-electron chi connectivity index (χ0n) is 10.2. The van der Waals surface area contributed by atoms with Gasteiger partial charge in [0.25, 0.3) is 5.56 Å². The molecule has 0 spiro atoms. The van der Waals surface area contributed by atoms with Crippen LogP contribution in [0.25, 0.3) is 0 Å². The van der Waals surface area contributed by atoms with E-state index in [0.29, 0.717) is 18.0 Å². The number of ether oxygens (including phenoxy) is 1. The van der Waals surface area contributed by atoms with E-state index in [1.807, 2.05) is 12.1 Å². The number of rotatable bonds is 4. The SMILES string of the molecule is COc1cccc(Cc2nc(C(=O)O)cc(=O)[nH]2)c1. The monoisotopic (exact) mass is 260 g/mol. The predicted molar refractivity (Wildman–Crippen MR) is 67.6 cm³/mol. The van der Waals surface area contributed by atoms with Crippen LogP contribution in [0.5, 0.6) is 5.75 Å². The highest BCUT2D eigenvalue weighted by Gasteiger charge is 2.08. The third-order valence-electron chi connectivity index (χ3n) is 2.52. The number of nitrogens with zero attached hydrogens (tertiary/aromatic N) is 1. The van der Waals surface area contributed by atoms with Crippen LogP contribution < -0.4 is 10.3 Å². The van der Waals surface area contributed by atoms with Gasteiger partial charge in [-0.1, -0.05) is 12.1 Å². The number of nitrogens with one attached hydrogen (secondary N) is 1. The van der Waals surface area contributed by atoms with Crippen molar-refractivity contribution in [2.75, 3.05) is 7.11 Å². The number of methoxy groups -OCH3 is 1. The quantitative estimate of drug-likeness (QED) is 0.857. The molecule has 0 fully saturated rings. The minimum Gasteiger partial charge on any atom is -0.497 e. The molecule has 2 rings (SSSR count). The molecule has 0 amide bonds. The highest BCUT2D eigenvalue weighted by atomic mass is 16.5. The lowest BCUT2D eigenvalue weighted by Crippen LogP contribution is -2.15. The molecule has 98 valence electrons. The van der Waals surface area contributed by atoms with E-state index in [2.05, 4.69) is 9.97 Å². The van der Waals surface area contributed by atoms with Gasteiger partial charge in [0.15, 0.2) is 5.69 Å². The van der Waals surface area contributed by atoms with Crippen LogP contribution >= 0.6 is 0 Å². The Kier molecular flexibility index (Phi) is 3.61. The fraction of sp³-hybridized carbons (Fsp3) is 0.154. The molecule has 0 saturated heterocycles. The summed E-state index contributed by atoms with van der Waals surface area (Å²) in [5.74, 6) is -0.231. The molecule has 0 saturated carbocycles. The van der Waals surface area contributed by atoms with Gasteiger partial charge in [0.05, 0.1) is 7.11 Å². The van der Waals surface area contributed by atoms with E-state index in [9.17, 15) is 9.59 Å². The molecule has 0 aliphatic rings. The summed E-state index contributed by atoms with van der Waals surface area (Å²) in [6.07, 6.45) is 0.327. The van der Waals surface area contributed by atoms with Crippen molar-refractivity contribution in [3.05, 3.63) is 57.8 Å². The Hall–Kier alpha value is -2.63. The Bertz CT molecular complexity index is 664. The van der Waals surface area contributed by atoms with E-state index in [4.69, 9.17) is 9.84 Å². The van der Waals surface area contributed by atoms with Crippen LogP contribution in [0.2, 0.25) is 0 Å². The Morgan fingerprint density at radius 2 is 2.21 bits per heavy atom. The van der Waals surface area contributed by atoms with Crippen molar-refractivity contribution in [3.63, 3.8) is 0 Å². The van der Waals surface area contributed by atoms with Gasteiger partial charge in [0, 0.05) is 12.5 Å². The molecule has 0 bridgehead atoms. The predicted octanol–water partition coefficient (Wildman–Crippen LogP) is 1.07. The molecule has 2 N–H and O–H groups in total. The summed E-state index contributed by atoms with van der Waals surface area (Å²) < 4.78 is 5.09. The third-order valence-corrected chi connectivity index (χ3v) is 2.52. The molecule has 6 heteroatoms. The maximum absolute atomic E-state index is 11.3. The van der Waals surface area contributed by atoms with E-state index >= 15 is 0 Å². The van der Waals surface area contributed by atoms with E-state index in [1.54, 1.807) is 19.2 Å². The summed E-state index contributed by atoms with van der Waals surface area (Å²) in [7, 11) is 1.56. The van der Waals surface area contributed by atoms with Crippen molar-refractivity contribution in [1.29, 1.82) is 0 Å². The maximum atomic E-state index is 11.3. The van der Waals surface area contributed by atoms with Gasteiger partial charge in [-0.05, 0) is 17.7 Å². The van der Waals surface area contributed by atoms with Gasteiger partial charge < -0.3 is 14.8 Å². The van der Waals surface area contributed by atoms with Crippen molar-refractivity contribution >= 4 is 5.97 Å². The van der Waals surface area contributed by atoms with Crippen LogP contribution in [0, 0.1) is 0 Å². The number of hydrogen-bond donors (Lipinski definition) is 2. The van der Waals surface area contributed by atoms with Crippen LogP contribution in [0.1, 0.15) is 21.9 Å². The number of H-pyrrole nitrogens is 1. The molecule has 0 aliphatic heterocycles. The highest BCUT2D eigenvalue weighted by molar-refractivity contribution is 5.85. The normalized spacial score (nSPS) is 10.2. The van der Waals surface area contributed by atoms with Crippen molar-refractivity contribution in [3.8, 4) is 5.75 Å². The molecular formula is C13H12N2O4. The zero-order chi connectivity index (χ0) is 13.8. The second-order valence-corrected chi connectivity index (χ2v) is 3.91. The van der Waals surface area contributed by atoms with Crippen LogP contribution in [0.15, 0.2) is 35.1 Å². The third kappa shape index (κ3) is 3.19. The number of carboxylic acids is 1. The van der Waals surface area contributed by atoms with Crippen molar-refractivity contribution in [1.82, 2.24) is 9.97 Å². The topological polar surface area (TPSA) is 92.3 Å². The van der Waals surface area contributed by atoms with Crippen LogP contribution in [-0.4, -0.2) is 28.2 Å². The Morgan fingerprint density at radius 3 is 2.89 bits per heavy atom. The first kappa shape index (κ1) is 12.8. The Morgan fingerprint density at radius 1 is 1.42 bits per heavy atom. The molecule has 19 heavy (non-hydrogen) atoms. The zero-order valence-corrected chi connectivity index (χ0v) is 10.2. The van der Waals surface area contributed by atoms with Crippen LogP contribution in [0.3, 0.4) is 0 Å².